The number of nitrogens with one attached hydrogen (secondary N) is 1. The first-order valence-corrected chi connectivity index (χ1v) is 17.1. The zero-order valence-corrected chi connectivity index (χ0v) is 27.2. The molecule has 0 bridgehead atoms. The Bertz CT molecular complexity index is 1520. The summed E-state index contributed by atoms with van der Waals surface area (Å²) < 4.78 is 27.2. The zero-order valence-electron chi connectivity index (χ0n) is 24.9. The Morgan fingerprint density at radius 2 is 1.58 bits per heavy atom. The normalized spacial score (nSPS) is 14.6. The van der Waals surface area contributed by atoms with E-state index in [1.807, 2.05) is 50.2 Å². The molecular weight excluding hydrogens is 605 g/mol. The molecule has 7 nitrogen and oxygen atoms in total. The van der Waals surface area contributed by atoms with Gasteiger partial charge in [0.15, 0.2) is 0 Å². The Morgan fingerprint density at radius 1 is 0.930 bits per heavy atom. The molecule has 3 aromatic carbocycles. The summed E-state index contributed by atoms with van der Waals surface area (Å²) in [5.74, 6) is -0.790. The Hall–Kier alpha value is -3.07. The third kappa shape index (κ3) is 9.21. The largest absolute Gasteiger partial charge is 0.352 e. The van der Waals surface area contributed by atoms with E-state index in [9.17, 15) is 18.0 Å². The van der Waals surface area contributed by atoms with E-state index in [1.165, 1.54) is 4.90 Å². The molecule has 3 aromatic rings. The number of nitrogens with zero attached hydrogens (tertiary/aromatic N) is 2. The highest BCUT2D eigenvalue weighted by molar-refractivity contribution is 7.92. The number of amides is 2. The zero-order chi connectivity index (χ0) is 31.1. The fraction of sp³-hybridized carbons (Fsp3) is 0.394. The summed E-state index contributed by atoms with van der Waals surface area (Å²) >= 11 is 12.7. The third-order valence-electron chi connectivity index (χ3n) is 7.75. The first kappa shape index (κ1) is 32.8. The molecule has 2 amide bonds. The van der Waals surface area contributed by atoms with Gasteiger partial charge in [0.2, 0.25) is 21.8 Å². The number of rotatable bonds is 11. The van der Waals surface area contributed by atoms with Crippen molar-refractivity contribution in [1.29, 1.82) is 0 Å². The van der Waals surface area contributed by atoms with Crippen LogP contribution in [0.2, 0.25) is 10.0 Å². The maximum absolute atomic E-state index is 14.3. The van der Waals surface area contributed by atoms with Crippen molar-refractivity contribution in [2.45, 2.75) is 71.0 Å². The van der Waals surface area contributed by atoms with E-state index in [-0.39, 0.29) is 24.9 Å². The minimum Gasteiger partial charge on any atom is -0.352 e. The number of aryl methyl sites for hydroxylation is 2. The average molecular weight is 645 g/mol. The van der Waals surface area contributed by atoms with Gasteiger partial charge in [0, 0.05) is 29.1 Å². The van der Waals surface area contributed by atoms with Gasteiger partial charge in [-0.1, -0.05) is 84.9 Å². The van der Waals surface area contributed by atoms with Crippen molar-refractivity contribution in [3.8, 4) is 0 Å². The SMILES string of the molecule is Cc1cc(C)cc(N(CC(=O)N(Cc2ccc(Cl)cc2Cl)C(Cc2ccccc2)C(=O)NC2CCCCC2)S(C)(=O)=O)c1. The topological polar surface area (TPSA) is 86.8 Å². The van der Waals surface area contributed by atoms with Gasteiger partial charge in [0.05, 0.1) is 11.9 Å². The van der Waals surface area contributed by atoms with Gasteiger partial charge in [-0.25, -0.2) is 8.42 Å². The van der Waals surface area contributed by atoms with Crippen LogP contribution in [0.4, 0.5) is 5.69 Å². The Labute approximate surface area is 265 Å². The van der Waals surface area contributed by atoms with Crippen molar-refractivity contribution >= 4 is 50.7 Å². The molecule has 4 rings (SSSR count). The lowest BCUT2D eigenvalue weighted by Gasteiger charge is -2.35. The van der Waals surface area contributed by atoms with Crippen LogP contribution < -0.4 is 9.62 Å². The molecule has 0 saturated heterocycles. The minimum absolute atomic E-state index is 0.00509. The maximum Gasteiger partial charge on any atom is 0.244 e. The smallest absolute Gasteiger partial charge is 0.244 e. The van der Waals surface area contributed by atoms with E-state index in [2.05, 4.69) is 5.32 Å². The third-order valence-corrected chi connectivity index (χ3v) is 9.48. The van der Waals surface area contributed by atoms with Crippen LogP contribution >= 0.6 is 23.2 Å². The quantitative estimate of drug-likeness (QED) is 0.260. The second-order valence-corrected chi connectivity index (χ2v) is 14.2. The van der Waals surface area contributed by atoms with E-state index in [0.717, 1.165) is 59.4 Å². The molecule has 1 N–H and O–H groups in total. The predicted octanol–water partition coefficient (Wildman–Crippen LogP) is 6.47. The van der Waals surface area contributed by atoms with Gasteiger partial charge in [-0.2, -0.15) is 0 Å². The van der Waals surface area contributed by atoms with E-state index in [1.54, 1.807) is 30.3 Å². The predicted molar refractivity (Wildman–Crippen MR) is 174 cm³/mol. The van der Waals surface area contributed by atoms with Crippen LogP contribution in [0.3, 0.4) is 0 Å². The summed E-state index contributed by atoms with van der Waals surface area (Å²) in [5, 5.41) is 3.99. The summed E-state index contributed by atoms with van der Waals surface area (Å²) in [4.78, 5) is 29.8. The van der Waals surface area contributed by atoms with Crippen LogP contribution in [-0.4, -0.2) is 50.0 Å². The molecule has 10 heteroatoms. The molecule has 0 heterocycles. The van der Waals surface area contributed by atoms with Crippen LogP contribution in [0.25, 0.3) is 0 Å². The fourth-order valence-corrected chi connectivity index (χ4v) is 6.94. The minimum atomic E-state index is -3.85. The van der Waals surface area contributed by atoms with Crippen molar-refractivity contribution in [3.63, 3.8) is 0 Å². The summed E-state index contributed by atoms with van der Waals surface area (Å²) in [6.07, 6.45) is 6.31. The van der Waals surface area contributed by atoms with Gasteiger partial charge in [-0.3, -0.25) is 13.9 Å². The fourth-order valence-electron chi connectivity index (χ4n) is 5.64. The molecule has 1 saturated carbocycles. The highest BCUT2D eigenvalue weighted by Gasteiger charge is 2.34. The van der Waals surface area contributed by atoms with Crippen LogP contribution in [0.15, 0.2) is 66.7 Å². The van der Waals surface area contributed by atoms with Gasteiger partial charge in [0.1, 0.15) is 12.6 Å². The van der Waals surface area contributed by atoms with Gasteiger partial charge in [0.25, 0.3) is 0 Å². The van der Waals surface area contributed by atoms with Gasteiger partial charge < -0.3 is 10.2 Å². The molecular formula is C33H39Cl2N3O4S. The molecule has 1 aliphatic carbocycles. The van der Waals surface area contributed by atoms with E-state index >= 15 is 0 Å². The molecule has 230 valence electrons. The lowest BCUT2D eigenvalue weighted by atomic mass is 9.94. The van der Waals surface area contributed by atoms with Crippen LogP contribution in [-0.2, 0) is 32.6 Å². The van der Waals surface area contributed by atoms with Crippen molar-refractivity contribution in [2.24, 2.45) is 0 Å². The highest BCUT2D eigenvalue weighted by Crippen LogP contribution is 2.26. The molecule has 0 aliphatic heterocycles. The van der Waals surface area contributed by atoms with Crippen LogP contribution in [0, 0.1) is 13.8 Å². The number of hydrogen-bond acceptors (Lipinski definition) is 4. The van der Waals surface area contributed by atoms with E-state index < -0.39 is 28.5 Å². The molecule has 43 heavy (non-hydrogen) atoms. The number of anilines is 1. The van der Waals surface area contributed by atoms with Gasteiger partial charge in [-0.15, -0.1) is 0 Å². The molecule has 0 radical (unpaired) electrons. The van der Waals surface area contributed by atoms with Gasteiger partial charge in [-0.05, 0) is 73.2 Å². The van der Waals surface area contributed by atoms with E-state index in [0.29, 0.717) is 21.3 Å². The van der Waals surface area contributed by atoms with Crippen molar-refractivity contribution in [1.82, 2.24) is 10.2 Å². The van der Waals surface area contributed by atoms with Crippen LogP contribution in [0.5, 0.6) is 0 Å². The Morgan fingerprint density at radius 3 is 2.19 bits per heavy atom. The molecule has 1 aliphatic rings. The first-order chi connectivity index (χ1) is 20.4. The van der Waals surface area contributed by atoms with E-state index in [4.69, 9.17) is 23.2 Å². The second kappa shape index (κ2) is 14.6. The molecule has 1 atom stereocenters. The van der Waals surface area contributed by atoms with Gasteiger partial charge >= 0.3 is 0 Å². The first-order valence-electron chi connectivity index (χ1n) is 14.5. The standard InChI is InChI=1S/C33H39Cl2N3O4S/c1-23-16-24(2)18-29(17-23)38(43(3,41)42)22-32(39)37(21-26-14-15-27(34)20-30(26)35)31(19-25-10-6-4-7-11-25)33(40)36-28-12-8-5-9-13-28/h4,6-7,10-11,14-18,20,28,31H,5,8-9,12-13,19,21-22H2,1-3H3,(H,36,40). The monoisotopic (exact) mass is 643 g/mol. The second-order valence-electron chi connectivity index (χ2n) is 11.4. The number of benzene rings is 3. The molecule has 0 spiro atoms. The number of carbonyl (C=O) groups excluding carboxylic acids is 2. The van der Waals surface area contributed by atoms with Crippen molar-refractivity contribution < 1.29 is 18.0 Å². The molecule has 1 fully saturated rings. The lowest BCUT2D eigenvalue weighted by Crippen LogP contribution is -2.55. The number of hydrogen-bond donors (Lipinski definition) is 1. The summed E-state index contributed by atoms with van der Waals surface area (Å²) in [6, 6.07) is 19.0. The summed E-state index contributed by atoms with van der Waals surface area (Å²) in [7, 11) is -3.85. The summed E-state index contributed by atoms with van der Waals surface area (Å²) in [5.41, 5.74) is 3.61. The van der Waals surface area contributed by atoms with Crippen LogP contribution in [0.1, 0.15) is 54.4 Å². The molecule has 0 aromatic heterocycles. The maximum atomic E-state index is 14.3. The highest BCUT2D eigenvalue weighted by atomic mass is 35.5. The summed E-state index contributed by atoms with van der Waals surface area (Å²) in [6.45, 7) is 3.27. The number of halogens is 2. The average Bonchev–Trinajstić information content (AvgIpc) is 2.94. The molecule has 1 unspecified atom stereocenters. The van der Waals surface area contributed by atoms with Crippen molar-refractivity contribution in [3.05, 3.63) is 99.0 Å². The number of carbonyl (C=O) groups is 2. The number of sulfonamides is 1. The van der Waals surface area contributed by atoms with Crippen molar-refractivity contribution in [2.75, 3.05) is 17.1 Å². The lowest BCUT2D eigenvalue weighted by molar-refractivity contribution is -0.140. The Kier molecular flexibility index (Phi) is 11.2. The Balaban J connectivity index is 1.76.